The van der Waals surface area contributed by atoms with Crippen LogP contribution in [0.3, 0.4) is 0 Å². The minimum atomic E-state index is 0.109. The van der Waals surface area contributed by atoms with Crippen LogP contribution in [-0.2, 0) is 0 Å². The van der Waals surface area contributed by atoms with E-state index < -0.39 is 0 Å². The summed E-state index contributed by atoms with van der Waals surface area (Å²) in [6, 6.07) is 30.1. The Balaban J connectivity index is 1.31. The summed E-state index contributed by atoms with van der Waals surface area (Å²) < 4.78 is 12.8. The van der Waals surface area contributed by atoms with Crippen molar-refractivity contribution >= 4 is 46.2 Å². The Morgan fingerprint density at radius 2 is 1.43 bits per heavy atom. The van der Waals surface area contributed by atoms with Crippen molar-refractivity contribution < 1.29 is 9.47 Å². The molecule has 4 aliphatic rings. The maximum atomic E-state index is 6.57. The van der Waals surface area contributed by atoms with Crippen molar-refractivity contribution in [3.63, 3.8) is 0 Å². The van der Waals surface area contributed by atoms with Gasteiger partial charge in [0.2, 0.25) is 0 Å². The second kappa shape index (κ2) is 7.46. The van der Waals surface area contributed by atoms with Crippen LogP contribution >= 0.6 is 11.8 Å². The molecule has 0 atom stereocenters. The van der Waals surface area contributed by atoms with E-state index in [2.05, 4.69) is 71.6 Å². The maximum absolute atomic E-state index is 6.57. The Kier molecular flexibility index (Phi) is 4.20. The third-order valence-electron chi connectivity index (χ3n) is 7.55. The van der Waals surface area contributed by atoms with Crippen LogP contribution in [0, 0.1) is 0 Å². The van der Waals surface area contributed by atoms with Gasteiger partial charge in [0.05, 0.1) is 5.69 Å². The van der Waals surface area contributed by atoms with Crippen LogP contribution in [0.5, 0.6) is 23.0 Å². The number of ether oxygens (including phenoxy) is 2. The summed E-state index contributed by atoms with van der Waals surface area (Å²) in [6.07, 6.45) is 4.81. The summed E-state index contributed by atoms with van der Waals surface area (Å²) >= 11 is 1.96. The van der Waals surface area contributed by atoms with Gasteiger partial charge in [-0.05, 0) is 73.0 Å². The number of fused-ring (bicyclic) bond motifs is 5. The highest BCUT2D eigenvalue weighted by Crippen LogP contribution is 2.51. The van der Waals surface area contributed by atoms with Gasteiger partial charge in [-0.15, -0.1) is 0 Å². The molecule has 1 aliphatic carbocycles. The zero-order chi connectivity index (χ0) is 22.9. The van der Waals surface area contributed by atoms with E-state index in [4.69, 9.17) is 9.47 Å². The predicted molar refractivity (Wildman–Crippen MR) is 144 cm³/mol. The van der Waals surface area contributed by atoms with E-state index in [9.17, 15) is 0 Å². The lowest BCUT2D eigenvalue weighted by Crippen LogP contribution is -2.57. The number of anilines is 2. The molecule has 0 bridgehead atoms. The smallest absolute Gasteiger partial charge is 0.260 e. The van der Waals surface area contributed by atoms with Crippen molar-refractivity contribution in [3.05, 3.63) is 95.5 Å². The standard InChI is InChI=1S/C30H22BNO2S/c1-4-11-24-20(8-1)31-21-17-16-19(18-27(21)34-26-13-7-12-25(33-24)30(26)31)32-22-9-2-5-14-28(22)35-29-15-6-3-10-23(29)32/h1-2,4-5,7-9,11-14,16-18H,3,6,10,15H2. The van der Waals surface area contributed by atoms with Crippen molar-refractivity contribution in [1.82, 2.24) is 0 Å². The van der Waals surface area contributed by atoms with Gasteiger partial charge in [0.25, 0.3) is 6.71 Å². The van der Waals surface area contributed by atoms with Gasteiger partial charge in [0, 0.05) is 32.7 Å². The molecule has 0 saturated carbocycles. The lowest BCUT2D eigenvalue weighted by Gasteiger charge is -2.38. The zero-order valence-corrected chi connectivity index (χ0v) is 20.0. The van der Waals surface area contributed by atoms with E-state index in [1.54, 1.807) is 0 Å². The quantitative estimate of drug-likeness (QED) is 0.257. The first-order valence-electron chi connectivity index (χ1n) is 12.4. The van der Waals surface area contributed by atoms with Crippen molar-refractivity contribution in [2.45, 2.75) is 30.6 Å². The van der Waals surface area contributed by atoms with E-state index in [0.717, 1.165) is 34.9 Å². The van der Waals surface area contributed by atoms with Crippen LogP contribution in [-0.4, -0.2) is 6.71 Å². The van der Waals surface area contributed by atoms with Crippen molar-refractivity contribution in [2.24, 2.45) is 0 Å². The molecule has 3 nitrogen and oxygen atoms in total. The summed E-state index contributed by atoms with van der Waals surface area (Å²) in [5.74, 6) is 3.64. The largest absolute Gasteiger partial charge is 0.458 e. The van der Waals surface area contributed by atoms with Gasteiger partial charge in [0.15, 0.2) is 0 Å². The molecule has 3 heterocycles. The average molecular weight is 471 g/mol. The fourth-order valence-corrected chi connectivity index (χ4v) is 7.25. The highest BCUT2D eigenvalue weighted by Gasteiger charge is 2.40. The van der Waals surface area contributed by atoms with Gasteiger partial charge in [-0.1, -0.05) is 54.2 Å². The van der Waals surface area contributed by atoms with E-state index in [1.165, 1.54) is 57.1 Å². The lowest BCUT2D eigenvalue weighted by atomic mass is 9.35. The summed E-state index contributed by atoms with van der Waals surface area (Å²) in [5, 5.41) is 0. The van der Waals surface area contributed by atoms with E-state index >= 15 is 0 Å². The molecule has 0 aromatic heterocycles. The minimum absolute atomic E-state index is 0.109. The molecule has 0 fully saturated rings. The Morgan fingerprint density at radius 3 is 2.37 bits per heavy atom. The van der Waals surface area contributed by atoms with Crippen molar-refractivity contribution in [2.75, 3.05) is 4.90 Å². The molecule has 0 radical (unpaired) electrons. The van der Waals surface area contributed by atoms with Gasteiger partial charge < -0.3 is 14.4 Å². The van der Waals surface area contributed by atoms with Crippen LogP contribution in [0.15, 0.2) is 100 Å². The molecular weight excluding hydrogens is 449 g/mol. The Hall–Kier alpha value is -3.57. The number of benzene rings is 4. The fraction of sp³-hybridized carbons (Fsp3) is 0.133. The average Bonchev–Trinajstić information content (AvgIpc) is 2.91. The number of rotatable bonds is 1. The normalized spacial score (nSPS) is 16.8. The molecule has 5 heteroatoms. The molecular formula is C30H22BNO2S. The van der Waals surface area contributed by atoms with Crippen LogP contribution in [0.4, 0.5) is 11.4 Å². The second-order valence-electron chi connectivity index (χ2n) is 9.55. The minimum Gasteiger partial charge on any atom is -0.458 e. The predicted octanol–water partition coefficient (Wildman–Crippen LogP) is 6.44. The third-order valence-corrected chi connectivity index (χ3v) is 8.80. The van der Waals surface area contributed by atoms with E-state index in [1.807, 2.05) is 30.0 Å². The Labute approximate surface area is 209 Å². The first-order chi connectivity index (χ1) is 17.3. The number of hydrogen-bond donors (Lipinski definition) is 0. The highest BCUT2D eigenvalue weighted by atomic mass is 32.2. The van der Waals surface area contributed by atoms with E-state index in [0.29, 0.717) is 0 Å². The van der Waals surface area contributed by atoms with Crippen molar-refractivity contribution in [3.8, 4) is 23.0 Å². The molecule has 8 rings (SSSR count). The Bertz CT molecular complexity index is 1560. The molecule has 0 amide bonds. The highest BCUT2D eigenvalue weighted by molar-refractivity contribution is 8.03. The van der Waals surface area contributed by atoms with Crippen LogP contribution in [0.25, 0.3) is 0 Å². The summed E-state index contributed by atoms with van der Waals surface area (Å²) in [6.45, 7) is 0.109. The molecule has 4 aromatic carbocycles. The molecule has 0 unspecified atom stereocenters. The number of para-hydroxylation sites is 2. The SMILES string of the molecule is c1ccc2c(c1)Oc1cccc3c1B2c1ccc(N2C4=C(CCCC4)Sc4ccccc42)cc1O3. The Morgan fingerprint density at radius 1 is 0.686 bits per heavy atom. The zero-order valence-electron chi connectivity index (χ0n) is 19.2. The molecule has 168 valence electrons. The number of allylic oxidation sites excluding steroid dienone is 2. The van der Waals surface area contributed by atoms with Gasteiger partial charge in [0.1, 0.15) is 23.0 Å². The summed E-state index contributed by atoms with van der Waals surface area (Å²) in [5.41, 5.74) is 7.42. The summed E-state index contributed by atoms with van der Waals surface area (Å²) in [4.78, 5) is 5.33. The fourth-order valence-electron chi connectivity index (χ4n) is 6.01. The van der Waals surface area contributed by atoms with Crippen LogP contribution < -0.4 is 30.8 Å². The second-order valence-corrected chi connectivity index (χ2v) is 10.7. The van der Waals surface area contributed by atoms with Gasteiger partial charge >= 0.3 is 0 Å². The monoisotopic (exact) mass is 471 g/mol. The van der Waals surface area contributed by atoms with Crippen LogP contribution in [0.1, 0.15) is 25.7 Å². The van der Waals surface area contributed by atoms with Gasteiger partial charge in [-0.3, -0.25) is 0 Å². The molecule has 0 saturated heterocycles. The van der Waals surface area contributed by atoms with Gasteiger partial charge in [-0.25, -0.2) is 0 Å². The molecule has 0 N–H and O–H groups in total. The van der Waals surface area contributed by atoms with E-state index in [-0.39, 0.29) is 6.71 Å². The molecule has 3 aliphatic heterocycles. The number of thioether (sulfide) groups is 1. The first-order valence-corrected chi connectivity index (χ1v) is 13.2. The molecule has 0 spiro atoms. The number of hydrogen-bond acceptors (Lipinski definition) is 4. The first kappa shape index (κ1) is 19.7. The lowest BCUT2D eigenvalue weighted by molar-refractivity contribution is 0.464. The van der Waals surface area contributed by atoms with Crippen LogP contribution in [0.2, 0.25) is 0 Å². The molecule has 35 heavy (non-hydrogen) atoms. The van der Waals surface area contributed by atoms with Crippen molar-refractivity contribution in [1.29, 1.82) is 0 Å². The third kappa shape index (κ3) is 2.88. The summed E-state index contributed by atoms with van der Waals surface area (Å²) in [7, 11) is 0. The maximum Gasteiger partial charge on any atom is 0.260 e. The topological polar surface area (TPSA) is 21.7 Å². The molecule has 4 aromatic rings. The van der Waals surface area contributed by atoms with Gasteiger partial charge in [-0.2, -0.15) is 0 Å². The number of nitrogens with zero attached hydrogens (tertiary/aromatic N) is 1.